The van der Waals surface area contributed by atoms with Crippen molar-refractivity contribution < 1.29 is 0 Å². The first-order valence-corrected chi connectivity index (χ1v) is 29.1. The van der Waals surface area contributed by atoms with Gasteiger partial charge in [-0.2, -0.15) is 0 Å². The van der Waals surface area contributed by atoms with E-state index >= 15 is 0 Å². The van der Waals surface area contributed by atoms with Crippen molar-refractivity contribution in [1.29, 1.82) is 0 Å². The SMILES string of the molecule is CB1c2cc3c(cc2-n2c4c1c(-c1cc5c(cc1Nc1ccc6c(c1)C(C)(C)CCC6(C)C)C(C)(C)CCC5(C)C)cc(-c1ccc5c(c1)sc1ccccc15)c4c1ccc4ccccc4c12)C(C)(C)CCC3(C)C. The van der Waals surface area contributed by atoms with E-state index in [-0.39, 0.29) is 39.2 Å². The largest absolute Gasteiger partial charge is 0.355 e. The fourth-order valence-electron chi connectivity index (χ4n) is 15.1. The lowest BCUT2D eigenvalue weighted by molar-refractivity contribution is 0.332. The van der Waals surface area contributed by atoms with Crippen LogP contribution in [0.3, 0.4) is 0 Å². The van der Waals surface area contributed by atoms with Crippen molar-refractivity contribution in [3.63, 3.8) is 0 Å². The van der Waals surface area contributed by atoms with Crippen LogP contribution in [0.5, 0.6) is 0 Å². The van der Waals surface area contributed by atoms with Crippen LogP contribution in [0.15, 0.2) is 127 Å². The third kappa shape index (κ3) is 6.82. The average Bonchev–Trinajstić information content (AvgIpc) is 3.99. The van der Waals surface area contributed by atoms with Gasteiger partial charge in [0.25, 0.3) is 0 Å². The maximum absolute atomic E-state index is 4.27. The lowest BCUT2D eigenvalue weighted by atomic mass is 9.39. The molecule has 3 heterocycles. The van der Waals surface area contributed by atoms with Crippen molar-refractivity contribution >= 4 is 93.1 Å². The Kier molecular flexibility index (Phi) is 9.81. The second-order valence-electron chi connectivity index (χ2n) is 27.7. The molecule has 4 heteroatoms. The van der Waals surface area contributed by atoms with Gasteiger partial charge in [0.15, 0.2) is 0 Å². The minimum absolute atomic E-state index is 0.0133. The van der Waals surface area contributed by atoms with Crippen molar-refractivity contribution in [2.24, 2.45) is 0 Å². The van der Waals surface area contributed by atoms with E-state index in [1.807, 2.05) is 11.3 Å². The average molecular weight is 997 g/mol. The molecule has 8 aromatic carbocycles. The monoisotopic (exact) mass is 997 g/mol. The summed E-state index contributed by atoms with van der Waals surface area (Å²) >= 11 is 1.92. The van der Waals surface area contributed by atoms with Crippen LogP contribution in [-0.2, 0) is 32.5 Å². The van der Waals surface area contributed by atoms with Crippen LogP contribution in [0.4, 0.5) is 11.4 Å². The van der Waals surface area contributed by atoms with Crippen LogP contribution in [0.25, 0.3) is 80.7 Å². The third-order valence-electron chi connectivity index (χ3n) is 20.2. The van der Waals surface area contributed by atoms with Crippen LogP contribution in [-0.4, -0.2) is 11.3 Å². The number of benzene rings is 8. The van der Waals surface area contributed by atoms with E-state index in [9.17, 15) is 0 Å². The maximum Gasteiger partial charge on any atom is 0.212 e. The van der Waals surface area contributed by atoms with Gasteiger partial charge < -0.3 is 9.88 Å². The fraction of sp³-hybridized carbons (Fsp3) is 0.352. The standard InChI is InChI=1S/C71H73BN2S/c1-66(2)28-29-67(3,4)52-35-43(24-27-51(52)66)73-58-39-55-53(68(5,6)30-32-70(55,9)10)37-49(58)50-36-48(42-23-25-46-45-20-16-17-21-60(45)75-61(46)34-42)62-47-26-22-41-18-14-15-19-44(41)64(47)74-59-40-56-54(69(7,8)31-33-71(56,11)12)38-57(59)72(13)63(50)65(62)74/h14-27,34-40,73H,28-33H2,1-13H3. The Hall–Kier alpha value is -6.10. The predicted octanol–water partition coefficient (Wildman–Crippen LogP) is 19.0. The minimum atomic E-state index is 0.0133. The van der Waals surface area contributed by atoms with Gasteiger partial charge in [-0.15, -0.1) is 11.3 Å². The van der Waals surface area contributed by atoms with E-state index in [1.54, 1.807) is 0 Å². The Balaban J connectivity index is 1.14. The van der Waals surface area contributed by atoms with Crippen LogP contribution >= 0.6 is 11.3 Å². The number of hydrogen-bond acceptors (Lipinski definition) is 2. The number of aromatic nitrogens is 1. The van der Waals surface area contributed by atoms with E-state index in [2.05, 4.69) is 227 Å². The van der Waals surface area contributed by atoms with Gasteiger partial charge >= 0.3 is 0 Å². The van der Waals surface area contributed by atoms with Gasteiger partial charge in [0.05, 0.1) is 11.0 Å². The Bertz CT molecular complexity index is 4130. The van der Waals surface area contributed by atoms with Gasteiger partial charge in [-0.1, -0.05) is 174 Å². The van der Waals surface area contributed by atoms with E-state index in [1.165, 1.54) is 162 Å². The molecule has 0 atom stereocenters. The molecule has 0 fully saturated rings. The summed E-state index contributed by atoms with van der Waals surface area (Å²) in [7, 11) is 0. The number of anilines is 2. The highest BCUT2D eigenvalue weighted by Crippen LogP contribution is 2.54. The second-order valence-corrected chi connectivity index (χ2v) is 28.8. The van der Waals surface area contributed by atoms with Crippen molar-refractivity contribution in [2.45, 2.75) is 161 Å². The van der Waals surface area contributed by atoms with Gasteiger partial charge in [0.1, 0.15) is 0 Å². The fourth-order valence-corrected chi connectivity index (χ4v) is 16.2. The lowest BCUT2D eigenvalue weighted by Crippen LogP contribution is -2.48. The Morgan fingerprint density at radius 2 is 1.00 bits per heavy atom. The molecule has 10 aromatic rings. The molecule has 0 radical (unpaired) electrons. The summed E-state index contributed by atoms with van der Waals surface area (Å²) in [5.74, 6) is 0. The van der Waals surface area contributed by atoms with Crippen LogP contribution in [0.1, 0.15) is 155 Å². The smallest absolute Gasteiger partial charge is 0.212 e. The van der Waals surface area contributed by atoms with Gasteiger partial charge in [-0.25, -0.2) is 0 Å². The number of thiophene rings is 1. The van der Waals surface area contributed by atoms with Crippen LogP contribution in [0, 0.1) is 0 Å². The summed E-state index contributed by atoms with van der Waals surface area (Å²) in [6.07, 6.45) is 7.07. The number of hydrogen-bond donors (Lipinski definition) is 1. The summed E-state index contributed by atoms with van der Waals surface area (Å²) in [4.78, 5) is 0. The minimum Gasteiger partial charge on any atom is -0.355 e. The first-order valence-electron chi connectivity index (χ1n) is 28.3. The van der Waals surface area contributed by atoms with Crippen molar-refractivity contribution in [2.75, 3.05) is 5.32 Å². The molecule has 4 aliphatic rings. The molecule has 0 unspecified atom stereocenters. The highest BCUT2D eigenvalue weighted by atomic mass is 32.1. The van der Waals surface area contributed by atoms with Gasteiger partial charge in [-0.05, 0) is 180 Å². The maximum atomic E-state index is 4.27. The molecule has 0 saturated heterocycles. The molecule has 14 rings (SSSR count). The number of rotatable bonds is 4. The topological polar surface area (TPSA) is 17.0 Å². The summed E-state index contributed by atoms with van der Waals surface area (Å²) in [5.41, 5.74) is 23.9. The molecule has 2 nitrogen and oxygen atoms in total. The first-order chi connectivity index (χ1) is 35.5. The van der Waals surface area contributed by atoms with Gasteiger partial charge in [0.2, 0.25) is 6.71 Å². The molecule has 75 heavy (non-hydrogen) atoms. The molecule has 0 amide bonds. The van der Waals surface area contributed by atoms with Crippen LogP contribution in [0.2, 0.25) is 6.82 Å². The third-order valence-corrected chi connectivity index (χ3v) is 21.3. The normalized spacial score (nSPS) is 19.3. The zero-order valence-electron chi connectivity index (χ0n) is 46.8. The first kappa shape index (κ1) is 47.4. The molecule has 1 aliphatic heterocycles. The Morgan fingerprint density at radius 3 is 1.69 bits per heavy atom. The van der Waals surface area contributed by atoms with E-state index < -0.39 is 0 Å². The quantitative estimate of drug-likeness (QED) is 0.174. The highest BCUT2D eigenvalue weighted by molar-refractivity contribution is 7.25. The molecule has 3 aliphatic carbocycles. The molecule has 0 bridgehead atoms. The van der Waals surface area contributed by atoms with Crippen LogP contribution < -0.4 is 16.2 Å². The molecule has 2 aromatic heterocycles. The zero-order valence-corrected chi connectivity index (χ0v) is 47.6. The molecule has 0 spiro atoms. The zero-order chi connectivity index (χ0) is 52.1. The predicted molar refractivity (Wildman–Crippen MR) is 329 cm³/mol. The Labute approximate surface area is 450 Å². The molecular formula is C71H73BN2S. The Morgan fingerprint density at radius 1 is 0.440 bits per heavy atom. The van der Waals surface area contributed by atoms with Gasteiger partial charge in [0, 0.05) is 59.0 Å². The molecule has 0 saturated carbocycles. The van der Waals surface area contributed by atoms with Gasteiger partial charge in [-0.3, -0.25) is 0 Å². The van der Waals surface area contributed by atoms with E-state index in [4.69, 9.17) is 0 Å². The van der Waals surface area contributed by atoms with Crippen molar-refractivity contribution in [3.8, 4) is 27.9 Å². The molecule has 1 N–H and O–H groups in total. The lowest BCUT2D eigenvalue weighted by Gasteiger charge is -2.43. The van der Waals surface area contributed by atoms with Crippen molar-refractivity contribution in [1.82, 2.24) is 4.57 Å². The summed E-state index contributed by atoms with van der Waals surface area (Å²) < 4.78 is 5.45. The highest BCUT2D eigenvalue weighted by Gasteiger charge is 2.43. The molecular weight excluding hydrogens is 924 g/mol. The number of fused-ring (bicyclic) bond motifs is 13. The van der Waals surface area contributed by atoms with Crippen molar-refractivity contribution in [3.05, 3.63) is 161 Å². The summed E-state index contributed by atoms with van der Waals surface area (Å²) in [6.45, 7) is 32.4. The van der Waals surface area contributed by atoms with E-state index in [0.717, 1.165) is 12.8 Å². The van der Waals surface area contributed by atoms with E-state index in [0.29, 0.717) is 0 Å². The number of nitrogens with zero attached hydrogens (tertiary/aromatic N) is 1. The molecule has 376 valence electrons. The second kappa shape index (κ2) is 15.5. The number of nitrogens with one attached hydrogen (secondary N) is 1. The summed E-state index contributed by atoms with van der Waals surface area (Å²) in [6, 6.07) is 50.9. The summed E-state index contributed by atoms with van der Waals surface area (Å²) in [5, 5.41) is 12.2.